The number of hydrogen-bond donors (Lipinski definition) is 2. The van der Waals surface area contributed by atoms with Gasteiger partial charge >= 0.3 is 0 Å². The Labute approximate surface area is 219 Å². The summed E-state index contributed by atoms with van der Waals surface area (Å²) in [7, 11) is 5.03. The van der Waals surface area contributed by atoms with E-state index < -0.39 is 6.04 Å². The number of para-hydroxylation sites is 1. The van der Waals surface area contributed by atoms with Crippen LogP contribution in [0.3, 0.4) is 0 Å². The second-order valence-corrected chi connectivity index (χ2v) is 10.1. The molecule has 1 heterocycles. The molecule has 1 aliphatic carbocycles. The van der Waals surface area contributed by atoms with Gasteiger partial charge in [-0.15, -0.1) is 0 Å². The van der Waals surface area contributed by atoms with Crippen LogP contribution in [0.15, 0.2) is 48.7 Å². The van der Waals surface area contributed by atoms with Crippen molar-refractivity contribution in [1.82, 2.24) is 15.2 Å². The van der Waals surface area contributed by atoms with Gasteiger partial charge in [0.05, 0.1) is 14.2 Å². The highest BCUT2D eigenvalue weighted by atomic mass is 16.5. The molecule has 1 fully saturated rings. The third-order valence-corrected chi connectivity index (χ3v) is 7.55. The molecule has 1 saturated carbocycles. The summed E-state index contributed by atoms with van der Waals surface area (Å²) >= 11 is 0. The van der Waals surface area contributed by atoms with E-state index in [2.05, 4.69) is 10.3 Å². The van der Waals surface area contributed by atoms with Crippen LogP contribution < -0.4 is 14.8 Å². The highest BCUT2D eigenvalue weighted by Crippen LogP contribution is 2.29. The van der Waals surface area contributed by atoms with E-state index in [0.717, 1.165) is 28.5 Å². The lowest BCUT2D eigenvalue weighted by atomic mass is 10.0. The van der Waals surface area contributed by atoms with Crippen LogP contribution in [-0.4, -0.2) is 55.6 Å². The van der Waals surface area contributed by atoms with E-state index in [4.69, 9.17) is 9.47 Å². The van der Waals surface area contributed by atoms with Crippen LogP contribution >= 0.6 is 0 Å². The summed E-state index contributed by atoms with van der Waals surface area (Å²) in [5, 5.41) is 4.15. The number of H-pyrrole nitrogens is 1. The van der Waals surface area contributed by atoms with Crippen LogP contribution in [0.25, 0.3) is 10.9 Å². The van der Waals surface area contributed by atoms with Gasteiger partial charge in [-0.3, -0.25) is 9.59 Å². The normalized spacial score (nSPS) is 14.5. The number of likely N-dealkylation sites (N-methyl/N-ethyl adjacent to an activating group) is 1. The van der Waals surface area contributed by atoms with Gasteiger partial charge in [0.2, 0.25) is 11.8 Å². The molecule has 0 aliphatic heterocycles. The number of carbonyl (C=O) groups is 2. The number of hydrogen-bond acceptors (Lipinski definition) is 4. The molecule has 2 amide bonds. The fourth-order valence-corrected chi connectivity index (χ4v) is 5.33. The lowest BCUT2D eigenvalue weighted by molar-refractivity contribution is -0.135. The maximum absolute atomic E-state index is 13.6. The van der Waals surface area contributed by atoms with Gasteiger partial charge in [0.1, 0.15) is 6.04 Å². The zero-order valence-electron chi connectivity index (χ0n) is 22.2. The minimum atomic E-state index is -0.620. The summed E-state index contributed by atoms with van der Waals surface area (Å²) in [5.41, 5.74) is 3.10. The lowest BCUT2D eigenvalue weighted by Gasteiger charge is -2.25. The van der Waals surface area contributed by atoms with Gasteiger partial charge in [-0.25, -0.2) is 0 Å². The Balaban J connectivity index is 1.43. The van der Waals surface area contributed by atoms with Gasteiger partial charge in [-0.2, -0.15) is 0 Å². The van der Waals surface area contributed by atoms with Crippen molar-refractivity contribution >= 4 is 22.7 Å². The molecule has 1 aliphatic rings. The van der Waals surface area contributed by atoms with Gasteiger partial charge < -0.3 is 24.7 Å². The molecule has 3 aromatic rings. The zero-order valence-corrected chi connectivity index (χ0v) is 22.2. The molecule has 0 saturated heterocycles. The molecular formula is C30H39N3O4. The van der Waals surface area contributed by atoms with Crippen molar-refractivity contribution in [2.45, 2.75) is 57.4 Å². The monoisotopic (exact) mass is 505 g/mol. The molecule has 7 nitrogen and oxygen atoms in total. The van der Waals surface area contributed by atoms with Crippen molar-refractivity contribution in [1.29, 1.82) is 0 Å². The highest BCUT2D eigenvalue weighted by molar-refractivity contribution is 5.89. The maximum Gasteiger partial charge on any atom is 0.245 e. The Morgan fingerprint density at radius 3 is 2.59 bits per heavy atom. The highest BCUT2D eigenvalue weighted by Gasteiger charge is 2.26. The number of aromatic amines is 1. The Morgan fingerprint density at radius 2 is 1.84 bits per heavy atom. The van der Waals surface area contributed by atoms with E-state index >= 15 is 0 Å². The van der Waals surface area contributed by atoms with Gasteiger partial charge in [0, 0.05) is 43.5 Å². The van der Waals surface area contributed by atoms with E-state index in [-0.39, 0.29) is 11.8 Å². The third kappa shape index (κ3) is 6.85. The Morgan fingerprint density at radius 1 is 1.08 bits per heavy atom. The standard InChI is InChI=1S/C30H39N3O4/c1-33(17-16-22-12-14-27(36-2)28(18-22)37-3)30(35)26(32-29(34)15-13-21-8-4-5-9-21)19-23-20-31-25-11-7-6-10-24(23)25/h6-7,10-12,14,18,20-21,26,31H,4-5,8-9,13,15-17,19H2,1-3H3,(H,32,34). The molecule has 1 atom stereocenters. The largest absolute Gasteiger partial charge is 0.493 e. The predicted molar refractivity (Wildman–Crippen MR) is 146 cm³/mol. The SMILES string of the molecule is COc1ccc(CCN(C)C(=O)C(Cc2c[nH]c3ccccc23)NC(=O)CCC2CCCC2)cc1OC. The molecule has 0 spiro atoms. The van der Waals surface area contributed by atoms with Crippen LogP contribution in [0.4, 0.5) is 0 Å². The fraction of sp³-hybridized carbons (Fsp3) is 0.467. The summed E-state index contributed by atoms with van der Waals surface area (Å²) in [4.78, 5) is 31.5. The minimum absolute atomic E-state index is 0.0432. The van der Waals surface area contributed by atoms with Gasteiger partial charge in [0.15, 0.2) is 11.5 Å². The van der Waals surface area contributed by atoms with E-state index in [1.54, 1.807) is 26.2 Å². The number of benzene rings is 2. The number of amides is 2. The van der Waals surface area contributed by atoms with Crippen molar-refractivity contribution in [3.63, 3.8) is 0 Å². The summed E-state index contributed by atoms with van der Waals surface area (Å²) in [6.07, 6.45) is 9.37. The number of fused-ring (bicyclic) bond motifs is 1. The Hall–Kier alpha value is -3.48. The zero-order chi connectivity index (χ0) is 26.2. The molecular weight excluding hydrogens is 466 g/mol. The second kappa shape index (κ2) is 12.7. The molecule has 1 unspecified atom stereocenters. The number of rotatable bonds is 12. The summed E-state index contributed by atoms with van der Waals surface area (Å²) in [6.45, 7) is 0.524. The van der Waals surface area contributed by atoms with E-state index in [1.165, 1.54) is 25.7 Å². The number of methoxy groups -OCH3 is 2. The predicted octanol–water partition coefficient (Wildman–Crippen LogP) is 4.88. The molecule has 4 rings (SSSR count). The van der Waals surface area contributed by atoms with Crippen LogP contribution in [0.1, 0.15) is 49.7 Å². The lowest BCUT2D eigenvalue weighted by Crippen LogP contribution is -2.49. The smallest absolute Gasteiger partial charge is 0.245 e. The topological polar surface area (TPSA) is 83.7 Å². The van der Waals surface area contributed by atoms with Crippen LogP contribution in [-0.2, 0) is 22.4 Å². The molecule has 2 N–H and O–H groups in total. The summed E-state index contributed by atoms with van der Waals surface area (Å²) in [6, 6.07) is 13.2. The number of nitrogens with one attached hydrogen (secondary N) is 2. The first kappa shape index (κ1) is 26.6. The molecule has 2 aromatic carbocycles. The quantitative estimate of drug-likeness (QED) is 0.367. The van der Waals surface area contributed by atoms with Crippen molar-refractivity contribution in [2.75, 3.05) is 27.8 Å². The van der Waals surface area contributed by atoms with Crippen molar-refractivity contribution < 1.29 is 19.1 Å². The third-order valence-electron chi connectivity index (χ3n) is 7.55. The molecule has 198 valence electrons. The number of ether oxygens (including phenoxy) is 2. The van der Waals surface area contributed by atoms with Crippen LogP contribution in [0.2, 0.25) is 0 Å². The molecule has 0 radical (unpaired) electrons. The molecule has 7 heteroatoms. The Bertz CT molecular complexity index is 1200. The van der Waals surface area contributed by atoms with Crippen LogP contribution in [0, 0.1) is 5.92 Å². The van der Waals surface area contributed by atoms with Gasteiger partial charge in [-0.05, 0) is 48.1 Å². The van der Waals surface area contributed by atoms with Gasteiger partial charge in [0.25, 0.3) is 0 Å². The first-order chi connectivity index (χ1) is 18.0. The van der Waals surface area contributed by atoms with E-state index in [9.17, 15) is 9.59 Å². The summed E-state index contributed by atoms with van der Waals surface area (Å²) in [5.74, 6) is 1.85. The first-order valence-corrected chi connectivity index (χ1v) is 13.3. The van der Waals surface area contributed by atoms with E-state index in [0.29, 0.717) is 43.2 Å². The number of nitrogens with zero attached hydrogens (tertiary/aromatic N) is 1. The van der Waals surface area contributed by atoms with Crippen LogP contribution in [0.5, 0.6) is 11.5 Å². The van der Waals surface area contributed by atoms with Gasteiger partial charge in [-0.1, -0.05) is 49.9 Å². The number of carbonyl (C=O) groups excluding carboxylic acids is 2. The molecule has 1 aromatic heterocycles. The maximum atomic E-state index is 13.6. The fourth-order valence-electron chi connectivity index (χ4n) is 5.33. The van der Waals surface area contributed by atoms with Crippen molar-refractivity contribution in [3.8, 4) is 11.5 Å². The minimum Gasteiger partial charge on any atom is -0.493 e. The molecule has 0 bridgehead atoms. The average Bonchev–Trinajstić information content (AvgIpc) is 3.60. The first-order valence-electron chi connectivity index (χ1n) is 13.3. The number of aromatic nitrogens is 1. The average molecular weight is 506 g/mol. The van der Waals surface area contributed by atoms with Crippen molar-refractivity contribution in [3.05, 3.63) is 59.8 Å². The van der Waals surface area contributed by atoms with E-state index in [1.807, 2.05) is 48.7 Å². The second-order valence-electron chi connectivity index (χ2n) is 10.1. The molecule has 37 heavy (non-hydrogen) atoms. The summed E-state index contributed by atoms with van der Waals surface area (Å²) < 4.78 is 10.7. The Kier molecular flexibility index (Phi) is 9.09. The van der Waals surface area contributed by atoms with Crippen molar-refractivity contribution in [2.24, 2.45) is 5.92 Å².